The smallest absolute Gasteiger partial charge is 0.197 e. The van der Waals surface area contributed by atoms with Gasteiger partial charge in [-0.05, 0) is 24.2 Å². The Balaban J connectivity index is 1.69. The number of rotatable bonds is 6. The first kappa shape index (κ1) is 14.5. The highest BCUT2D eigenvalue weighted by atomic mass is 32.2. The van der Waals surface area contributed by atoms with Crippen LogP contribution in [-0.2, 0) is 6.42 Å². The Bertz CT molecular complexity index is 583. The zero-order valence-corrected chi connectivity index (χ0v) is 13.1. The second-order valence-electron chi connectivity index (χ2n) is 5.46. The molecule has 0 radical (unpaired) electrons. The van der Waals surface area contributed by atoms with E-state index >= 15 is 0 Å². The number of hydrogen-bond donors (Lipinski definition) is 0. The van der Waals surface area contributed by atoms with Gasteiger partial charge in [-0.15, -0.1) is 11.8 Å². The molecule has 0 saturated heterocycles. The Morgan fingerprint density at radius 1 is 1.00 bits per heavy atom. The predicted octanol–water partition coefficient (Wildman–Crippen LogP) is 3.90. The molecule has 0 fully saturated rings. The second kappa shape index (κ2) is 7.51. The van der Waals surface area contributed by atoms with Crippen molar-refractivity contribution in [2.75, 3.05) is 12.3 Å². The summed E-state index contributed by atoms with van der Waals surface area (Å²) in [5, 5.41) is 0. The Morgan fingerprint density at radius 3 is 2.38 bits per heavy atom. The lowest BCUT2D eigenvalue weighted by Crippen LogP contribution is -2.16. The lowest BCUT2D eigenvalue weighted by atomic mass is 9.60. The molecule has 0 aromatic heterocycles. The molecule has 1 unspecified atom stereocenters. The number of hydrogen-bond acceptors (Lipinski definition) is 2. The largest absolute Gasteiger partial charge is 0.293 e. The molecule has 1 aliphatic heterocycles. The fourth-order valence-corrected chi connectivity index (χ4v) is 3.73. The molecule has 1 atom stereocenters. The third-order valence-electron chi connectivity index (χ3n) is 3.96. The van der Waals surface area contributed by atoms with E-state index in [1.165, 1.54) is 22.5 Å². The molecule has 0 spiro atoms. The van der Waals surface area contributed by atoms with Crippen LogP contribution in [-0.4, -0.2) is 24.5 Å². The van der Waals surface area contributed by atoms with Crippen LogP contribution in [0.2, 0.25) is 0 Å². The molecule has 0 aliphatic carbocycles. The fraction of sp³-hybridized carbons (Fsp3) is 0.278. The standard InChI is InChI=1S/C18H20BNS/c1-3-7-15(8-4-1)11-12-17(16-9-5-2-6-10-16)19-18-20-13-14-21-18/h1-10,17,19H,11-14H2. The maximum absolute atomic E-state index is 4.64. The summed E-state index contributed by atoms with van der Waals surface area (Å²) in [5.74, 6) is 1.74. The summed E-state index contributed by atoms with van der Waals surface area (Å²) in [6.45, 7) is 1.00. The van der Waals surface area contributed by atoms with Crippen LogP contribution in [0.4, 0.5) is 0 Å². The van der Waals surface area contributed by atoms with E-state index in [0.717, 1.165) is 26.0 Å². The van der Waals surface area contributed by atoms with E-state index < -0.39 is 0 Å². The van der Waals surface area contributed by atoms with Crippen molar-refractivity contribution < 1.29 is 0 Å². The number of benzene rings is 2. The van der Waals surface area contributed by atoms with Crippen molar-refractivity contribution in [2.45, 2.75) is 18.7 Å². The highest BCUT2D eigenvalue weighted by Crippen LogP contribution is 2.24. The van der Waals surface area contributed by atoms with E-state index in [9.17, 15) is 0 Å². The van der Waals surface area contributed by atoms with Crippen molar-refractivity contribution in [1.29, 1.82) is 0 Å². The van der Waals surface area contributed by atoms with Crippen LogP contribution in [0.25, 0.3) is 0 Å². The quantitative estimate of drug-likeness (QED) is 0.736. The Hall–Kier alpha value is -1.48. The Labute approximate surface area is 132 Å². The SMILES string of the molecule is B(C1=NCCS1)C(CCc1ccccc1)c1ccccc1. The molecule has 3 rings (SSSR count). The van der Waals surface area contributed by atoms with Crippen molar-refractivity contribution in [3.8, 4) is 0 Å². The van der Waals surface area contributed by atoms with E-state index in [1.54, 1.807) is 0 Å². The number of aliphatic imine (C=N–C) groups is 1. The summed E-state index contributed by atoms with van der Waals surface area (Å²) in [4.78, 5) is 5.98. The van der Waals surface area contributed by atoms with Crippen molar-refractivity contribution in [3.63, 3.8) is 0 Å². The maximum Gasteiger partial charge on any atom is 0.197 e. The van der Waals surface area contributed by atoms with E-state index in [4.69, 9.17) is 0 Å². The van der Waals surface area contributed by atoms with Crippen LogP contribution in [0.15, 0.2) is 65.7 Å². The van der Waals surface area contributed by atoms with Gasteiger partial charge in [-0.25, -0.2) is 0 Å². The zero-order chi connectivity index (χ0) is 14.3. The van der Waals surface area contributed by atoms with E-state index in [2.05, 4.69) is 65.7 Å². The minimum absolute atomic E-state index is 0.579. The van der Waals surface area contributed by atoms with Gasteiger partial charge in [-0.1, -0.05) is 66.2 Å². The minimum Gasteiger partial charge on any atom is -0.293 e. The summed E-state index contributed by atoms with van der Waals surface area (Å²) in [6, 6.07) is 21.7. The van der Waals surface area contributed by atoms with Gasteiger partial charge in [0.2, 0.25) is 0 Å². The van der Waals surface area contributed by atoms with Crippen LogP contribution in [0.1, 0.15) is 23.4 Å². The fourth-order valence-electron chi connectivity index (χ4n) is 2.81. The third kappa shape index (κ3) is 4.24. The average molecular weight is 293 g/mol. The molecule has 0 amide bonds. The van der Waals surface area contributed by atoms with E-state index in [0.29, 0.717) is 5.82 Å². The topological polar surface area (TPSA) is 12.4 Å². The van der Waals surface area contributed by atoms with Crippen molar-refractivity contribution in [1.82, 2.24) is 0 Å². The van der Waals surface area contributed by atoms with Gasteiger partial charge in [-0.3, -0.25) is 4.99 Å². The van der Waals surface area contributed by atoms with Gasteiger partial charge in [0.15, 0.2) is 7.28 Å². The molecule has 3 heteroatoms. The zero-order valence-electron chi connectivity index (χ0n) is 12.2. The average Bonchev–Trinajstić information content (AvgIpc) is 3.06. The van der Waals surface area contributed by atoms with E-state index in [-0.39, 0.29) is 0 Å². The van der Waals surface area contributed by atoms with Gasteiger partial charge in [0.25, 0.3) is 0 Å². The molecule has 0 N–H and O–H groups in total. The van der Waals surface area contributed by atoms with Gasteiger partial charge < -0.3 is 0 Å². The molecular weight excluding hydrogens is 273 g/mol. The maximum atomic E-state index is 4.64. The molecule has 0 bridgehead atoms. The first-order chi connectivity index (χ1) is 10.4. The number of thioether (sulfide) groups is 1. The molecule has 1 aliphatic rings. The summed E-state index contributed by atoms with van der Waals surface area (Å²) in [5.41, 5.74) is 2.88. The van der Waals surface area contributed by atoms with Crippen LogP contribution in [0.3, 0.4) is 0 Å². The van der Waals surface area contributed by atoms with Gasteiger partial charge in [0.1, 0.15) is 0 Å². The normalized spacial score (nSPS) is 15.5. The van der Waals surface area contributed by atoms with Crippen LogP contribution in [0.5, 0.6) is 0 Å². The Morgan fingerprint density at radius 2 is 1.71 bits per heavy atom. The van der Waals surface area contributed by atoms with Crippen molar-refractivity contribution >= 4 is 24.0 Å². The van der Waals surface area contributed by atoms with Crippen LogP contribution < -0.4 is 0 Å². The molecular formula is C18H20BNS. The molecule has 0 saturated carbocycles. The third-order valence-corrected chi connectivity index (χ3v) is 4.98. The molecule has 106 valence electrons. The van der Waals surface area contributed by atoms with Crippen LogP contribution >= 0.6 is 11.8 Å². The number of nitrogens with zero attached hydrogens (tertiary/aromatic N) is 1. The first-order valence-electron chi connectivity index (χ1n) is 7.67. The molecule has 2 aromatic rings. The predicted molar refractivity (Wildman–Crippen MR) is 95.9 cm³/mol. The lowest BCUT2D eigenvalue weighted by Gasteiger charge is -2.16. The second-order valence-corrected chi connectivity index (χ2v) is 6.63. The first-order valence-corrected chi connectivity index (χ1v) is 8.65. The molecule has 21 heavy (non-hydrogen) atoms. The highest BCUT2D eigenvalue weighted by Gasteiger charge is 2.19. The molecule has 1 heterocycles. The summed E-state index contributed by atoms with van der Waals surface area (Å²) in [7, 11) is 1.10. The van der Waals surface area contributed by atoms with Gasteiger partial charge >= 0.3 is 0 Å². The van der Waals surface area contributed by atoms with Crippen LogP contribution in [0, 0.1) is 0 Å². The van der Waals surface area contributed by atoms with Crippen molar-refractivity contribution in [3.05, 3.63) is 71.8 Å². The summed E-state index contributed by atoms with van der Waals surface area (Å²) >= 11 is 1.94. The van der Waals surface area contributed by atoms with Gasteiger partial charge in [-0.2, -0.15) is 0 Å². The summed E-state index contributed by atoms with van der Waals surface area (Å²) in [6.07, 6.45) is 2.33. The van der Waals surface area contributed by atoms with E-state index in [1.807, 2.05) is 11.8 Å². The van der Waals surface area contributed by atoms with Gasteiger partial charge in [0, 0.05) is 17.2 Å². The summed E-state index contributed by atoms with van der Waals surface area (Å²) < 4.78 is 0. The van der Waals surface area contributed by atoms with Crippen molar-refractivity contribution in [2.24, 2.45) is 4.99 Å². The minimum atomic E-state index is 0.579. The molecule has 2 aromatic carbocycles. The Kier molecular flexibility index (Phi) is 5.17. The van der Waals surface area contributed by atoms with Gasteiger partial charge in [0.05, 0.1) is 0 Å². The monoisotopic (exact) mass is 293 g/mol. The lowest BCUT2D eigenvalue weighted by molar-refractivity contribution is 0.789. The number of aryl methyl sites for hydroxylation is 1. The highest BCUT2D eigenvalue weighted by molar-refractivity contribution is 8.17. The molecule has 1 nitrogen and oxygen atoms in total.